The van der Waals surface area contributed by atoms with E-state index in [4.69, 9.17) is 5.73 Å². The van der Waals surface area contributed by atoms with Crippen LogP contribution >= 0.6 is 0 Å². The average molecular weight is 254 g/mol. The first-order valence-corrected chi connectivity index (χ1v) is 7.41. The van der Waals surface area contributed by atoms with Crippen molar-refractivity contribution in [3.05, 3.63) is 42.1 Å². The number of rotatable bonds is 3. The van der Waals surface area contributed by atoms with Gasteiger partial charge in [0.1, 0.15) is 0 Å². The van der Waals surface area contributed by atoms with E-state index in [9.17, 15) is 0 Å². The zero-order chi connectivity index (χ0) is 13.1. The van der Waals surface area contributed by atoms with Crippen molar-refractivity contribution < 1.29 is 0 Å². The van der Waals surface area contributed by atoms with Crippen molar-refractivity contribution >= 4 is 10.9 Å². The molecule has 0 spiro atoms. The molecule has 0 saturated heterocycles. The molecule has 0 atom stereocenters. The van der Waals surface area contributed by atoms with Gasteiger partial charge >= 0.3 is 0 Å². The van der Waals surface area contributed by atoms with E-state index in [1.54, 1.807) is 0 Å². The van der Waals surface area contributed by atoms with Crippen molar-refractivity contribution in [1.82, 2.24) is 4.98 Å². The molecule has 0 amide bonds. The first kappa shape index (κ1) is 12.6. The van der Waals surface area contributed by atoms with Gasteiger partial charge in [0.2, 0.25) is 0 Å². The van der Waals surface area contributed by atoms with Crippen molar-refractivity contribution in [3.8, 4) is 0 Å². The monoisotopic (exact) mass is 254 g/mol. The maximum Gasteiger partial charge on any atom is 0.0702 e. The summed E-state index contributed by atoms with van der Waals surface area (Å²) < 4.78 is 0. The van der Waals surface area contributed by atoms with Crippen molar-refractivity contribution in [2.45, 2.75) is 38.0 Å². The van der Waals surface area contributed by atoms with Crippen LogP contribution in [-0.2, 0) is 0 Å². The summed E-state index contributed by atoms with van der Waals surface area (Å²) in [6.07, 6.45) is 8.53. The van der Waals surface area contributed by atoms with Crippen LogP contribution in [0.3, 0.4) is 0 Å². The second-order valence-electron chi connectivity index (χ2n) is 5.76. The molecule has 2 heteroatoms. The van der Waals surface area contributed by atoms with Gasteiger partial charge in [0.05, 0.1) is 5.52 Å². The Labute approximate surface area is 115 Å². The van der Waals surface area contributed by atoms with Gasteiger partial charge in [-0.05, 0) is 68.2 Å². The molecule has 1 aromatic carbocycles. The second kappa shape index (κ2) is 5.70. The highest BCUT2D eigenvalue weighted by atomic mass is 14.7. The maximum atomic E-state index is 5.66. The minimum absolute atomic E-state index is 0.700. The number of aromatic nitrogens is 1. The van der Waals surface area contributed by atoms with E-state index in [-0.39, 0.29) is 0 Å². The molecule has 2 N–H and O–H groups in total. The van der Waals surface area contributed by atoms with Gasteiger partial charge in [-0.3, -0.25) is 4.98 Å². The zero-order valence-electron chi connectivity index (χ0n) is 11.4. The predicted octanol–water partition coefficient (Wildman–Crippen LogP) is 3.86. The van der Waals surface area contributed by atoms with E-state index in [1.807, 2.05) is 6.07 Å². The van der Waals surface area contributed by atoms with Gasteiger partial charge in [-0.2, -0.15) is 0 Å². The number of hydrogen-bond acceptors (Lipinski definition) is 2. The van der Waals surface area contributed by atoms with E-state index in [1.165, 1.54) is 43.1 Å². The van der Waals surface area contributed by atoms with Gasteiger partial charge in [-0.1, -0.05) is 18.2 Å². The number of hydrogen-bond donors (Lipinski definition) is 1. The fourth-order valence-electron chi connectivity index (χ4n) is 3.33. The van der Waals surface area contributed by atoms with Crippen molar-refractivity contribution in [3.63, 3.8) is 0 Å². The summed E-state index contributed by atoms with van der Waals surface area (Å²) in [4.78, 5) is 4.59. The summed E-state index contributed by atoms with van der Waals surface area (Å²) >= 11 is 0. The van der Waals surface area contributed by atoms with E-state index in [2.05, 4.69) is 35.4 Å². The Balaban J connectivity index is 1.74. The van der Waals surface area contributed by atoms with E-state index >= 15 is 0 Å². The normalized spacial score (nSPS) is 23.6. The van der Waals surface area contributed by atoms with Gasteiger partial charge in [0, 0.05) is 11.6 Å². The van der Waals surface area contributed by atoms with Crippen LogP contribution in [0.2, 0.25) is 0 Å². The molecule has 0 aliphatic heterocycles. The Morgan fingerprint density at radius 2 is 1.89 bits per heavy atom. The molecule has 1 fully saturated rings. The molecule has 0 radical (unpaired) electrons. The standard InChI is InChI=1S/C17H22N2/c18-10-9-13-5-7-14(8-6-13)16-11-15-3-1-2-4-17(15)19-12-16/h1-4,11-14H,5-10,18H2. The lowest BCUT2D eigenvalue weighted by molar-refractivity contribution is 0.313. The van der Waals surface area contributed by atoms with Gasteiger partial charge in [-0.25, -0.2) is 0 Å². The Morgan fingerprint density at radius 3 is 2.68 bits per heavy atom. The maximum absolute atomic E-state index is 5.66. The minimum atomic E-state index is 0.700. The van der Waals surface area contributed by atoms with Crippen LogP contribution in [0.4, 0.5) is 0 Å². The molecule has 1 aromatic heterocycles. The van der Waals surface area contributed by atoms with Crippen molar-refractivity contribution in [2.75, 3.05) is 6.54 Å². The minimum Gasteiger partial charge on any atom is -0.330 e. The molecular weight excluding hydrogens is 232 g/mol. The first-order valence-electron chi connectivity index (χ1n) is 7.41. The van der Waals surface area contributed by atoms with Crippen LogP contribution < -0.4 is 5.73 Å². The highest BCUT2D eigenvalue weighted by Gasteiger charge is 2.22. The summed E-state index contributed by atoms with van der Waals surface area (Å²) in [7, 11) is 0. The summed E-state index contributed by atoms with van der Waals surface area (Å²) in [5, 5.41) is 1.27. The molecule has 1 aliphatic rings. The number of fused-ring (bicyclic) bond motifs is 1. The second-order valence-corrected chi connectivity index (χ2v) is 5.76. The highest BCUT2D eigenvalue weighted by Crippen LogP contribution is 2.37. The topological polar surface area (TPSA) is 38.9 Å². The largest absolute Gasteiger partial charge is 0.330 e. The summed E-state index contributed by atoms with van der Waals surface area (Å²) in [5.74, 6) is 1.56. The SMILES string of the molecule is NCCC1CCC(c2cnc3ccccc3c2)CC1. The van der Waals surface area contributed by atoms with Crippen LogP contribution in [0.15, 0.2) is 36.5 Å². The fraction of sp³-hybridized carbons (Fsp3) is 0.471. The molecule has 1 aliphatic carbocycles. The quantitative estimate of drug-likeness (QED) is 0.903. The van der Waals surface area contributed by atoms with Gasteiger partial charge < -0.3 is 5.73 Å². The van der Waals surface area contributed by atoms with E-state index < -0.39 is 0 Å². The summed E-state index contributed by atoms with van der Waals surface area (Å²) in [6, 6.07) is 10.7. The number of nitrogens with two attached hydrogens (primary N) is 1. The molecular formula is C17H22N2. The van der Waals surface area contributed by atoms with Crippen LogP contribution in [0.25, 0.3) is 10.9 Å². The molecule has 1 saturated carbocycles. The number of para-hydroxylation sites is 1. The molecule has 2 aromatic rings. The average Bonchev–Trinajstić information content (AvgIpc) is 2.48. The van der Waals surface area contributed by atoms with Crippen molar-refractivity contribution in [1.29, 1.82) is 0 Å². The van der Waals surface area contributed by atoms with Crippen LogP contribution in [-0.4, -0.2) is 11.5 Å². The van der Waals surface area contributed by atoms with E-state index in [0.29, 0.717) is 5.92 Å². The predicted molar refractivity (Wildman–Crippen MR) is 80.1 cm³/mol. The molecule has 2 nitrogen and oxygen atoms in total. The molecule has 0 bridgehead atoms. The Kier molecular flexibility index (Phi) is 3.79. The molecule has 19 heavy (non-hydrogen) atoms. The van der Waals surface area contributed by atoms with E-state index in [0.717, 1.165) is 18.0 Å². The Bertz CT molecular complexity index is 542. The third kappa shape index (κ3) is 2.79. The lowest BCUT2D eigenvalue weighted by Gasteiger charge is -2.28. The van der Waals surface area contributed by atoms with Gasteiger partial charge in [0.15, 0.2) is 0 Å². The third-order valence-corrected chi connectivity index (χ3v) is 4.50. The number of pyridine rings is 1. The summed E-state index contributed by atoms with van der Waals surface area (Å²) in [6.45, 7) is 0.840. The Hall–Kier alpha value is -1.41. The molecule has 0 unspecified atom stereocenters. The van der Waals surface area contributed by atoms with Crippen LogP contribution in [0.1, 0.15) is 43.6 Å². The fourth-order valence-corrected chi connectivity index (χ4v) is 3.33. The number of benzene rings is 1. The van der Waals surface area contributed by atoms with Gasteiger partial charge in [-0.15, -0.1) is 0 Å². The lowest BCUT2D eigenvalue weighted by Crippen LogP contribution is -2.16. The number of nitrogens with zero attached hydrogens (tertiary/aromatic N) is 1. The zero-order valence-corrected chi connectivity index (χ0v) is 11.4. The molecule has 1 heterocycles. The van der Waals surface area contributed by atoms with Crippen molar-refractivity contribution in [2.24, 2.45) is 11.7 Å². The first-order chi connectivity index (χ1) is 9.36. The van der Waals surface area contributed by atoms with Gasteiger partial charge in [0.25, 0.3) is 0 Å². The molecule has 3 rings (SSSR count). The smallest absolute Gasteiger partial charge is 0.0702 e. The summed E-state index contributed by atoms with van der Waals surface area (Å²) in [5.41, 5.74) is 8.18. The van der Waals surface area contributed by atoms with Crippen LogP contribution in [0, 0.1) is 5.92 Å². The highest BCUT2D eigenvalue weighted by molar-refractivity contribution is 5.78. The third-order valence-electron chi connectivity index (χ3n) is 4.50. The Morgan fingerprint density at radius 1 is 1.11 bits per heavy atom. The molecule has 100 valence electrons. The van der Waals surface area contributed by atoms with Crippen LogP contribution in [0.5, 0.6) is 0 Å². The lowest BCUT2D eigenvalue weighted by atomic mass is 9.78.